The Kier molecular flexibility index (Phi) is 6.01. The van der Waals surface area contributed by atoms with Crippen molar-refractivity contribution in [2.75, 3.05) is 32.2 Å². The highest BCUT2D eigenvalue weighted by molar-refractivity contribution is 7.07. The van der Waals surface area contributed by atoms with Gasteiger partial charge in [0.25, 0.3) is 5.91 Å². The number of benzene rings is 1. The number of thiazole rings is 1. The van der Waals surface area contributed by atoms with Crippen LogP contribution >= 0.6 is 11.3 Å². The van der Waals surface area contributed by atoms with Crippen LogP contribution in [0.15, 0.2) is 35.2 Å². The molecule has 0 aliphatic carbocycles. The number of aromatic nitrogens is 1. The van der Waals surface area contributed by atoms with Crippen LogP contribution in [0.4, 0.5) is 5.69 Å². The highest BCUT2D eigenvalue weighted by Crippen LogP contribution is 2.17. The molecule has 0 radical (unpaired) electrons. The summed E-state index contributed by atoms with van der Waals surface area (Å²) in [7, 11) is 3.91. The molecular formula is C18H23N3O3S. The SMILES string of the molecule is CN(C)c1cccc(C(=O)N[C@@H]2CCOC[C@H]2OCc2cscn2)c1. The number of anilines is 1. The van der Waals surface area contributed by atoms with E-state index in [-0.39, 0.29) is 18.1 Å². The second-order valence-corrected chi connectivity index (χ2v) is 6.94. The van der Waals surface area contributed by atoms with E-state index in [4.69, 9.17) is 9.47 Å². The lowest BCUT2D eigenvalue weighted by atomic mass is 10.0. The average Bonchev–Trinajstić information content (AvgIpc) is 3.14. The van der Waals surface area contributed by atoms with Gasteiger partial charge in [-0.25, -0.2) is 4.98 Å². The number of carbonyl (C=O) groups is 1. The van der Waals surface area contributed by atoms with Gasteiger partial charge in [0.05, 0.1) is 30.5 Å². The minimum Gasteiger partial charge on any atom is -0.379 e. The zero-order valence-electron chi connectivity index (χ0n) is 14.5. The normalized spacial score (nSPS) is 20.2. The van der Waals surface area contributed by atoms with Crippen molar-refractivity contribution in [3.05, 3.63) is 46.4 Å². The quantitative estimate of drug-likeness (QED) is 0.855. The predicted molar refractivity (Wildman–Crippen MR) is 98.2 cm³/mol. The zero-order valence-corrected chi connectivity index (χ0v) is 15.3. The highest BCUT2D eigenvalue weighted by Gasteiger charge is 2.28. The lowest BCUT2D eigenvalue weighted by molar-refractivity contribution is -0.0742. The molecule has 1 fully saturated rings. The van der Waals surface area contributed by atoms with Crippen LogP contribution < -0.4 is 10.2 Å². The van der Waals surface area contributed by atoms with Crippen LogP contribution in [0.25, 0.3) is 0 Å². The molecule has 2 aromatic rings. The Bertz CT molecular complexity index is 691. The Hall–Kier alpha value is -1.96. The summed E-state index contributed by atoms with van der Waals surface area (Å²) in [4.78, 5) is 18.8. The molecule has 2 atom stereocenters. The number of amides is 1. The van der Waals surface area contributed by atoms with Crippen molar-refractivity contribution in [2.45, 2.75) is 25.2 Å². The molecule has 6 nitrogen and oxygen atoms in total. The molecule has 25 heavy (non-hydrogen) atoms. The second kappa shape index (κ2) is 8.42. The molecule has 0 bridgehead atoms. The molecule has 1 N–H and O–H groups in total. The first-order chi connectivity index (χ1) is 12.1. The van der Waals surface area contributed by atoms with Crippen LogP contribution in [0.2, 0.25) is 0 Å². The number of nitrogens with one attached hydrogen (secondary N) is 1. The fourth-order valence-electron chi connectivity index (χ4n) is 2.72. The van der Waals surface area contributed by atoms with Gasteiger partial charge in [0.1, 0.15) is 6.10 Å². The predicted octanol–water partition coefficient (Wildman–Crippen LogP) is 2.31. The van der Waals surface area contributed by atoms with Crippen molar-refractivity contribution in [3.8, 4) is 0 Å². The van der Waals surface area contributed by atoms with Gasteiger partial charge in [-0.3, -0.25) is 4.79 Å². The van der Waals surface area contributed by atoms with Crippen LogP contribution in [0.5, 0.6) is 0 Å². The minimum absolute atomic E-state index is 0.0668. The van der Waals surface area contributed by atoms with E-state index < -0.39 is 0 Å². The number of hydrogen-bond acceptors (Lipinski definition) is 6. The van der Waals surface area contributed by atoms with E-state index in [9.17, 15) is 4.79 Å². The summed E-state index contributed by atoms with van der Waals surface area (Å²) in [6.07, 6.45) is 0.567. The monoisotopic (exact) mass is 361 g/mol. The smallest absolute Gasteiger partial charge is 0.251 e. The Balaban J connectivity index is 1.62. The highest BCUT2D eigenvalue weighted by atomic mass is 32.1. The molecule has 1 amide bonds. The van der Waals surface area contributed by atoms with Gasteiger partial charge in [0, 0.05) is 37.3 Å². The number of rotatable bonds is 6. The van der Waals surface area contributed by atoms with Crippen LogP contribution in [0.1, 0.15) is 22.5 Å². The Morgan fingerprint density at radius 3 is 3.12 bits per heavy atom. The summed E-state index contributed by atoms with van der Waals surface area (Å²) >= 11 is 1.54. The van der Waals surface area contributed by atoms with Crippen LogP contribution in [-0.2, 0) is 16.1 Å². The summed E-state index contributed by atoms with van der Waals surface area (Å²) in [6, 6.07) is 7.52. The fourth-order valence-corrected chi connectivity index (χ4v) is 3.26. The number of nitrogens with zero attached hydrogens (tertiary/aromatic N) is 2. The van der Waals surface area contributed by atoms with Gasteiger partial charge < -0.3 is 19.7 Å². The minimum atomic E-state index is -0.170. The van der Waals surface area contributed by atoms with Gasteiger partial charge >= 0.3 is 0 Å². The van der Waals surface area contributed by atoms with Crippen molar-refractivity contribution in [1.82, 2.24) is 10.3 Å². The van der Waals surface area contributed by atoms with Crippen molar-refractivity contribution in [2.24, 2.45) is 0 Å². The molecule has 1 aromatic carbocycles. The lowest BCUT2D eigenvalue weighted by Gasteiger charge is -2.32. The van der Waals surface area contributed by atoms with E-state index in [2.05, 4.69) is 10.3 Å². The molecule has 1 aromatic heterocycles. The third-order valence-corrected chi connectivity index (χ3v) is 4.81. The molecule has 7 heteroatoms. The lowest BCUT2D eigenvalue weighted by Crippen LogP contribution is -2.50. The van der Waals surface area contributed by atoms with Crippen molar-refractivity contribution < 1.29 is 14.3 Å². The maximum Gasteiger partial charge on any atom is 0.251 e. The van der Waals surface area contributed by atoms with Crippen molar-refractivity contribution >= 4 is 22.9 Å². The maximum atomic E-state index is 12.6. The molecular weight excluding hydrogens is 338 g/mol. The average molecular weight is 361 g/mol. The molecule has 1 aliphatic heterocycles. The van der Waals surface area contributed by atoms with Gasteiger partial charge in [-0.1, -0.05) is 6.07 Å². The van der Waals surface area contributed by atoms with Gasteiger partial charge in [0.15, 0.2) is 0 Å². The standard InChI is InChI=1S/C18H23N3O3S/c1-21(2)15-5-3-4-13(8-15)18(22)20-16-6-7-23-10-17(16)24-9-14-11-25-12-19-14/h3-5,8,11-12,16-17H,6-7,9-10H2,1-2H3,(H,20,22)/t16-,17-/m1/s1. The van der Waals surface area contributed by atoms with Gasteiger partial charge in [-0.15, -0.1) is 11.3 Å². The van der Waals surface area contributed by atoms with Crippen molar-refractivity contribution in [1.29, 1.82) is 0 Å². The van der Waals surface area contributed by atoms with E-state index >= 15 is 0 Å². The van der Waals surface area contributed by atoms with Crippen LogP contribution in [0, 0.1) is 0 Å². The number of hydrogen-bond donors (Lipinski definition) is 1. The first kappa shape index (κ1) is 17.8. The van der Waals surface area contributed by atoms with E-state index in [0.29, 0.717) is 25.4 Å². The van der Waals surface area contributed by atoms with E-state index in [0.717, 1.165) is 17.8 Å². The van der Waals surface area contributed by atoms with Crippen LogP contribution in [0.3, 0.4) is 0 Å². The Morgan fingerprint density at radius 2 is 2.36 bits per heavy atom. The van der Waals surface area contributed by atoms with Gasteiger partial charge in [0.2, 0.25) is 0 Å². The zero-order chi connectivity index (χ0) is 17.6. The maximum absolute atomic E-state index is 12.6. The Labute approximate surface area is 151 Å². The molecule has 0 saturated carbocycles. The topological polar surface area (TPSA) is 63.7 Å². The summed E-state index contributed by atoms with van der Waals surface area (Å²) in [5.74, 6) is -0.0853. The summed E-state index contributed by atoms with van der Waals surface area (Å²) in [5, 5.41) is 5.06. The van der Waals surface area contributed by atoms with Gasteiger partial charge in [-0.05, 0) is 24.6 Å². The van der Waals surface area contributed by atoms with E-state index in [1.165, 1.54) is 0 Å². The summed E-state index contributed by atoms with van der Waals surface area (Å²) in [5.41, 5.74) is 4.33. The fraction of sp³-hybridized carbons (Fsp3) is 0.444. The molecule has 3 rings (SSSR count). The van der Waals surface area contributed by atoms with E-state index in [1.807, 2.05) is 48.6 Å². The first-order valence-corrected chi connectivity index (χ1v) is 9.22. The second-order valence-electron chi connectivity index (χ2n) is 6.22. The van der Waals surface area contributed by atoms with Gasteiger partial charge in [-0.2, -0.15) is 0 Å². The van der Waals surface area contributed by atoms with Crippen LogP contribution in [-0.4, -0.2) is 50.3 Å². The molecule has 134 valence electrons. The number of ether oxygens (including phenoxy) is 2. The third kappa shape index (κ3) is 4.78. The third-order valence-electron chi connectivity index (χ3n) is 4.17. The number of carbonyl (C=O) groups excluding carboxylic acids is 1. The van der Waals surface area contributed by atoms with Crippen molar-refractivity contribution in [3.63, 3.8) is 0 Å². The first-order valence-electron chi connectivity index (χ1n) is 8.28. The molecule has 0 spiro atoms. The summed E-state index contributed by atoms with van der Waals surface area (Å²) in [6.45, 7) is 1.53. The molecule has 1 saturated heterocycles. The molecule has 1 aliphatic rings. The Morgan fingerprint density at radius 1 is 1.48 bits per heavy atom. The molecule has 0 unspecified atom stereocenters. The molecule has 2 heterocycles. The summed E-state index contributed by atoms with van der Waals surface area (Å²) < 4.78 is 11.5. The largest absolute Gasteiger partial charge is 0.379 e. The van der Waals surface area contributed by atoms with E-state index in [1.54, 1.807) is 16.8 Å².